The molecule has 2 heterocycles. The van der Waals surface area contributed by atoms with Gasteiger partial charge >= 0.3 is 0 Å². The van der Waals surface area contributed by atoms with E-state index >= 15 is 0 Å². The second-order valence-corrected chi connectivity index (χ2v) is 3.13. The maximum Gasteiger partial charge on any atom is 0.153 e. The second kappa shape index (κ2) is 3.63. The van der Waals surface area contributed by atoms with Crippen LogP contribution in [0.15, 0.2) is 24.5 Å². The minimum atomic E-state index is 0.625. The molecule has 2 rings (SSSR count). The van der Waals surface area contributed by atoms with Crippen LogP contribution in [0.1, 0.15) is 0 Å². The van der Waals surface area contributed by atoms with E-state index in [1.165, 1.54) is 0 Å². The van der Waals surface area contributed by atoms with Gasteiger partial charge in [-0.2, -0.15) is 0 Å². The molecule has 0 aliphatic rings. The van der Waals surface area contributed by atoms with Gasteiger partial charge in [-0.1, -0.05) is 0 Å². The molecule has 0 saturated carbocycles. The van der Waals surface area contributed by atoms with Crippen molar-refractivity contribution in [2.45, 2.75) is 0 Å². The first-order valence-corrected chi connectivity index (χ1v) is 4.53. The highest BCUT2D eigenvalue weighted by Crippen LogP contribution is 2.08. The summed E-state index contributed by atoms with van der Waals surface area (Å²) >= 11 is 0. The molecule has 0 aliphatic heterocycles. The van der Waals surface area contributed by atoms with Crippen LogP contribution in [0.5, 0.6) is 0 Å². The van der Waals surface area contributed by atoms with Crippen molar-refractivity contribution in [2.24, 2.45) is 5.73 Å². The van der Waals surface area contributed by atoms with E-state index in [9.17, 15) is 0 Å². The van der Waals surface area contributed by atoms with Gasteiger partial charge in [0.1, 0.15) is 5.82 Å². The van der Waals surface area contributed by atoms with Gasteiger partial charge in [-0.15, -0.1) is 5.10 Å². The first-order valence-electron chi connectivity index (χ1n) is 4.53. The summed E-state index contributed by atoms with van der Waals surface area (Å²) < 4.78 is 1.75. The van der Waals surface area contributed by atoms with Crippen molar-refractivity contribution < 1.29 is 0 Å². The van der Waals surface area contributed by atoms with E-state index in [0.29, 0.717) is 6.54 Å². The number of rotatable bonds is 3. The van der Waals surface area contributed by atoms with E-state index in [4.69, 9.17) is 5.73 Å². The Kier molecular flexibility index (Phi) is 2.32. The minimum Gasteiger partial charge on any atom is -0.357 e. The third-order valence-electron chi connectivity index (χ3n) is 2.10. The average Bonchev–Trinajstić information content (AvgIpc) is 2.64. The number of nitrogens with zero attached hydrogens (tertiary/aromatic N) is 4. The first-order chi connectivity index (χ1) is 6.81. The topological polar surface area (TPSA) is 59.5 Å². The maximum absolute atomic E-state index is 5.47. The van der Waals surface area contributed by atoms with Gasteiger partial charge in [0.2, 0.25) is 0 Å². The lowest BCUT2D eigenvalue weighted by Crippen LogP contribution is -2.26. The van der Waals surface area contributed by atoms with Gasteiger partial charge < -0.3 is 10.6 Å². The molecule has 0 amide bonds. The molecule has 74 valence electrons. The summed E-state index contributed by atoms with van der Waals surface area (Å²) in [7, 11) is 1.97. The Morgan fingerprint density at radius 2 is 2.36 bits per heavy atom. The van der Waals surface area contributed by atoms with Crippen molar-refractivity contribution in [3.63, 3.8) is 0 Å². The predicted octanol–water partition coefficient (Wildman–Crippen LogP) is 0.124. The average molecular weight is 191 g/mol. The molecule has 2 aromatic heterocycles. The van der Waals surface area contributed by atoms with Crippen molar-refractivity contribution in [3.8, 4) is 0 Å². The molecule has 5 heteroatoms. The Labute approximate surface area is 82.2 Å². The van der Waals surface area contributed by atoms with Gasteiger partial charge in [0.15, 0.2) is 5.65 Å². The SMILES string of the molecule is CN(CCN)c1ccc2nccn2n1. The molecular weight excluding hydrogens is 178 g/mol. The zero-order valence-corrected chi connectivity index (χ0v) is 8.09. The van der Waals surface area contributed by atoms with Crippen LogP contribution in [0.25, 0.3) is 5.65 Å². The molecule has 0 bridgehead atoms. The summed E-state index contributed by atoms with van der Waals surface area (Å²) in [5.41, 5.74) is 6.33. The highest BCUT2D eigenvalue weighted by atomic mass is 15.3. The summed E-state index contributed by atoms with van der Waals surface area (Å²) in [6.45, 7) is 1.42. The Morgan fingerprint density at radius 1 is 1.50 bits per heavy atom. The van der Waals surface area contributed by atoms with Crippen molar-refractivity contribution in [2.75, 3.05) is 25.0 Å². The number of hydrogen-bond acceptors (Lipinski definition) is 4. The van der Waals surface area contributed by atoms with Crippen LogP contribution < -0.4 is 10.6 Å². The normalized spacial score (nSPS) is 10.7. The molecule has 2 aromatic rings. The van der Waals surface area contributed by atoms with E-state index in [0.717, 1.165) is 18.0 Å². The largest absolute Gasteiger partial charge is 0.357 e. The van der Waals surface area contributed by atoms with Crippen LogP contribution in [0.4, 0.5) is 5.82 Å². The lowest BCUT2D eigenvalue weighted by Gasteiger charge is -2.16. The van der Waals surface area contributed by atoms with Crippen molar-refractivity contribution >= 4 is 11.5 Å². The summed E-state index contributed by atoms with van der Waals surface area (Å²) in [5.74, 6) is 0.904. The molecule has 0 atom stereocenters. The third-order valence-corrected chi connectivity index (χ3v) is 2.10. The zero-order chi connectivity index (χ0) is 9.97. The fraction of sp³-hybridized carbons (Fsp3) is 0.333. The zero-order valence-electron chi connectivity index (χ0n) is 8.09. The van der Waals surface area contributed by atoms with Gasteiger partial charge in [0.25, 0.3) is 0 Å². The minimum absolute atomic E-state index is 0.625. The first kappa shape index (κ1) is 8.96. The van der Waals surface area contributed by atoms with Crippen LogP contribution in [0.3, 0.4) is 0 Å². The lowest BCUT2D eigenvalue weighted by molar-refractivity contribution is 0.829. The van der Waals surface area contributed by atoms with Gasteiger partial charge in [0.05, 0.1) is 0 Å². The van der Waals surface area contributed by atoms with Crippen LogP contribution in [-0.2, 0) is 0 Å². The lowest BCUT2D eigenvalue weighted by atomic mass is 10.4. The Balaban J connectivity index is 2.33. The number of aromatic nitrogens is 3. The predicted molar refractivity (Wildman–Crippen MR) is 55.3 cm³/mol. The van der Waals surface area contributed by atoms with Crippen LogP contribution in [-0.4, -0.2) is 34.7 Å². The van der Waals surface area contributed by atoms with Crippen molar-refractivity contribution in [1.82, 2.24) is 14.6 Å². The molecular formula is C9H13N5. The Morgan fingerprint density at radius 3 is 3.14 bits per heavy atom. The van der Waals surface area contributed by atoms with Crippen molar-refractivity contribution in [3.05, 3.63) is 24.5 Å². The second-order valence-electron chi connectivity index (χ2n) is 3.13. The van der Waals surface area contributed by atoms with E-state index < -0.39 is 0 Å². The number of likely N-dealkylation sites (N-methyl/N-ethyl adjacent to an activating group) is 1. The molecule has 2 N–H and O–H groups in total. The molecule has 0 unspecified atom stereocenters. The molecule has 0 aliphatic carbocycles. The fourth-order valence-electron chi connectivity index (χ4n) is 1.32. The maximum atomic E-state index is 5.47. The van der Waals surface area contributed by atoms with E-state index in [1.54, 1.807) is 10.7 Å². The monoisotopic (exact) mass is 191 g/mol. The molecule has 0 radical (unpaired) electrons. The molecule has 14 heavy (non-hydrogen) atoms. The van der Waals surface area contributed by atoms with Gasteiger partial charge in [-0.05, 0) is 12.1 Å². The van der Waals surface area contributed by atoms with Gasteiger partial charge in [0, 0.05) is 32.5 Å². The molecule has 0 fully saturated rings. The Hall–Kier alpha value is -1.62. The summed E-state index contributed by atoms with van der Waals surface area (Å²) in [6.07, 6.45) is 3.56. The summed E-state index contributed by atoms with van der Waals surface area (Å²) in [6, 6.07) is 3.88. The number of imidazole rings is 1. The molecule has 0 spiro atoms. The van der Waals surface area contributed by atoms with Crippen molar-refractivity contribution in [1.29, 1.82) is 0 Å². The molecule has 5 nitrogen and oxygen atoms in total. The molecule has 0 saturated heterocycles. The smallest absolute Gasteiger partial charge is 0.153 e. The van der Waals surface area contributed by atoms with Crippen LogP contribution in [0.2, 0.25) is 0 Å². The van der Waals surface area contributed by atoms with E-state index in [-0.39, 0.29) is 0 Å². The van der Waals surface area contributed by atoms with E-state index in [1.807, 2.05) is 30.3 Å². The third kappa shape index (κ3) is 1.54. The quantitative estimate of drug-likeness (QED) is 0.748. The number of fused-ring (bicyclic) bond motifs is 1. The van der Waals surface area contributed by atoms with Crippen LogP contribution >= 0.6 is 0 Å². The highest BCUT2D eigenvalue weighted by Gasteiger charge is 2.02. The van der Waals surface area contributed by atoms with Gasteiger partial charge in [-0.3, -0.25) is 0 Å². The number of anilines is 1. The number of nitrogens with two attached hydrogens (primary N) is 1. The Bertz CT molecular complexity index is 422. The highest BCUT2D eigenvalue weighted by molar-refractivity contribution is 5.45. The summed E-state index contributed by atoms with van der Waals surface area (Å²) in [5, 5.41) is 4.38. The fourth-order valence-corrected chi connectivity index (χ4v) is 1.32. The van der Waals surface area contributed by atoms with Gasteiger partial charge in [-0.25, -0.2) is 9.50 Å². The molecule has 0 aromatic carbocycles. The number of hydrogen-bond donors (Lipinski definition) is 1. The standard InChI is InChI=1S/C9H13N5/c1-13(6-4-10)9-3-2-8-11-5-7-14(8)12-9/h2-3,5,7H,4,6,10H2,1H3. The summed E-state index contributed by atoms with van der Waals surface area (Å²) in [4.78, 5) is 6.14. The van der Waals surface area contributed by atoms with Crippen LogP contribution in [0, 0.1) is 0 Å². The van der Waals surface area contributed by atoms with E-state index in [2.05, 4.69) is 10.1 Å².